The van der Waals surface area contributed by atoms with Gasteiger partial charge >= 0.3 is 0 Å². The third kappa shape index (κ3) is 7.18. The molecule has 1 fully saturated rings. The standard InChI is InChI=1S/C6H14N2.C5H10Si/c7-3-1-4-8-5-2-6-8;1-3-5(6)4-2/h1-7H2;3H,1,4,6H2,2H3. The minimum Gasteiger partial charge on any atom is -0.330 e. The molecular weight excluding hydrogens is 188 g/mol. The molecule has 0 saturated carbocycles. The maximum atomic E-state index is 5.33. The minimum absolute atomic E-state index is 0.844. The fourth-order valence-electron chi connectivity index (χ4n) is 1.06. The van der Waals surface area contributed by atoms with E-state index in [9.17, 15) is 0 Å². The van der Waals surface area contributed by atoms with Crippen LogP contribution in [0.5, 0.6) is 0 Å². The van der Waals surface area contributed by atoms with E-state index in [0.717, 1.165) is 13.0 Å². The maximum absolute atomic E-state index is 5.33. The van der Waals surface area contributed by atoms with Gasteiger partial charge in [-0.15, -0.1) is 0 Å². The molecule has 0 bridgehead atoms. The van der Waals surface area contributed by atoms with Crippen molar-refractivity contribution in [3.8, 4) is 0 Å². The summed E-state index contributed by atoms with van der Waals surface area (Å²) < 4.78 is 0. The highest BCUT2D eigenvalue weighted by atomic mass is 28.1. The van der Waals surface area contributed by atoms with Crippen molar-refractivity contribution in [2.24, 2.45) is 5.73 Å². The molecule has 0 aromatic heterocycles. The first-order valence-electron chi connectivity index (χ1n) is 5.47. The Bertz CT molecular complexity index is 165. The van der Waals surface area contributed by atoms with E-state index >= 15 is 0 Å². The average molecular weight is 212 g/mol. The number of nitrogens with two attached hydrogens (primary N) is 1. The van der Waals surface area contributed by atoms with Crippen molar-refractivity contribution in [1.29, 1.82) is 0 Å². The largest absolute Gasteiger partial charge is 0.330 e. The van der Waals surface area contributed by atoms with Gasteiger partial charge in [-0.05, 0) is 55.3 Å². The highest BCUT2D eigenvalue weighted by Crippen LogP contribution is 2.04. The molecule has 0 aromatic rings. The Kier molecular flexibility index (Phi) is 9.14. The van der Waals surface area contributed by atoms with Gasteiger partial charge in [0.25, 0.3) is 0 Å². The summed E-state index contributed by atoms with van der Waals surface area (Å²) in [7, 11) is 1.90. The number of rotatable bonds is 5. The summed E-state index contributed by atoms with van der Waals surface area (Å²) in [6.45, 7) is 10.4. The molecule has 1 aliphatic heterocycles. The van der Waals surface area contributed by atoms with Crippen molar-refractivity contribution < 1.29 is 0 Å². The predicted octanol–water partition coefficient (Wildman–Crippen LogP) is 0.429. The summed E-state index contributed by atoms with van der Waals surface area (Å²) in [5.74, 6) is 0. The molecule has 0 spiro atoms. The Morgan fingerprint density at radius 2 is 2.21 bits per heavy atom. The van der Waals surface area contributed by atoms with Gasteiger partial charge in [0, 0.05) is 0 Å². The van der Waals surface area contributed by atoms with Gasteiger partial charge < -0.3 is 10.6 Å². The number of allylic oxidation sites excluding steroid dienone is 1. The monoisotopic (exact) mass is 212 g/mol. The molecule has 0 atom stereocenters. The lowest BCUT2D eigenvalue weighted by Crippen LogP contribution is -2.38. The number of nitrogens with zero attached hydrogens (tertiary/aromatic N) is 1. The molecule has 0 radical (unpaired) electrons. The Morgan fingerprint density at radius 1 is 1.57 bits per heavy atom. The second-order valence-corrected chi connectivity index (χ2v) is 4.46. The van der Waals surface area contributed by atoms with Crippen molar-refractivity contribution in [1.82, 2.24) is 4.90 Å². The molecule has 0 unspecified atom stereocenters. The molecule has 3 heteroatoms. The lowest BCUT2D eigenvalue weighted by molar-refractivity contribution is 0.180. The Hall–Kier alpha value is -0.253. The van der Waals surface area contributed by atoms with E-state index in [0.29, 0.717) is 0 Å². The minimum atomic E-state index is 0.844. The fourth-order valence-corrected chi connectivity index (χ4v) is 1.06. The van der Waals surface area contributed by atoms with Crippen LogP contribution in [0, 0.1) is 0 Å². The van der Waals surface area contributed by atoms with Crippen LogP contribution in [0.1, 0.15) is 26.2 Å². The first-order chi connectivity index (χ1) is 6.74. The second-order valence-electron chi connectivity index (χ2n) is 3.55. The van der Waals surface area contributed by atoms with Gasteiger partial charge in [-0.25, -0.2) is 0 Å². The van der Waals surface area contributed by atoms with Crippen LogP contribution < -0.4 is 5.73 Å². The van der Waals surface area contributed by atoms with E-state index in [1.807, 2.05) is 15.9 Å². The van der Waals surface area contributed by atoms with E-state index in [4.69, 9.17) is 5.73 Å². The van der Waals surface area contributed by atoms with Crippen LogP contribution in [0.3, 0.4) is 0 Å². The summed E-state index contributed by atoms with van der Waals surface area (Å²) in [5, 5.41) is 1.38. The zero-order valence-corrected chi connectivity index (χ0v) is 10.9. The molecule has 1 aliphatic rings. The summed E-state index contributed by atoms with van der Waals surface area (Å²) in [6.07, 6.45) is 5.60. The third-order valence-corrected chi connectivity index (χ3v) is 3.16. The van der Waals surface area contributed by atoms with E-state index in [1.165, 1.54) is 37.6 Å². The normalized spacial score (nSPS) is 15.0. The molecule has 0 aromatic carbocycles. The second kappa shape index (κ2) is 9.31. The van der Waals surface area contributed by atoms with E-state index in [-0.39, 0.29) is 0 Å². The van der Waals surface area contributed by atoms with Gasteiger partial charge in [-0.1, -0.05) is 24.7 Å². The first-order valence-corrected chi connectivity index (χ1v) is 6.18. The number of hydrogen-bond acceptors (Lipinski definition) is 2. The number of likely N-dealkylation sites (tertiary alicyclic amines) is 1. The van der Waals surface area contributed by atoms with Crippen molar-refractivity contribution >= 4 is 15.0 Å². The topological polar surface area (TPSA) is 29.3 Å². The van der Waals surface area contributed by atoms with E-state index in [2.05, 4.69) is 18.4 Å². The van der Waals surface area contributed by atoms with Gasteiger partial charge in [-0.3, -0.25) is 0 Å². The Morgan fingerprint density at radius 3 is 2.43 bits per heavy atom. The van der Waals surface area contributed by atoms with E-state index < -0.39 is 0 Å². The predicted molar refractivity (Wildman–Crippen MR) is 68.8 cm³/mol. The van der Waals surface area contributed by atoms with Crippen LogP contribution in [-0.4, -0.2) is 46.1 Å². The maximum Gasteiger partial charge on any atom is -0.000653 e. The van der Waals surface area contributed by atoms with Crippen LogP contribution in [0.2, 0.25) is 0 Å². The van der Waals surface area contributed by atoms with Crippen molar-refractivity contribution in [3.63, 3.8) is 0 Å². The van der Waals surface area contributed by atoms with Crippen molar-refractivity contribution in [3.05, 3.63) is 12.7 Å². The van der Waals surface area contributed by atoms with Gasteiger partial charge in [0.05, 0.1) is 0 Å². The van der Waals surface area contributed by atoms with Gasteiger partial charge in [0.1, 0.15) is 0 Å². The fraction of sp³-hybridized carbons (Fsp3) is 0.727. The molecule has 0 amide bonds. The smallest absolute Gasteiger partial charge is 0.000653 e. The van der Waals surface area contributed by atoms with Crippen molar-refractivity contribution in [2.75, 3.05) is 26.2 Å². The summed E-state index contributed by atoms with van der Waals surface area (Å²) >= 11 is 0. The quantitative estimate of drug-likeness (QED) is 0.670. The Balaban J connectivity index is 0.000000255. The summed E-state index contributed by atoms with van der Waals surface area (Å²) in [6, 6.07) is 0. The van der Waals surface area contributed by atoms with Crippen LogP contribution in [0.4, 0.5) is 0 Å². The van der Waals surface area contributed by atoms with Crippen molar-refractivity contribution in [2.45, 2.75) is 26.2 Å². The van der Waals surface area contributed by atoms with Gasteiger partial charge in [-0.2, -0.15) is 0 Å². The van der Waals surface area contributed by atoms with E-state index in [1.54, 1.807) is 0 Å². The van der Waals surface area contributed by atoms with Gasteiger partial charge in [0.2, 0.25) is 0 Å². The SMILES string of the molecule is C=CC(=[SiH2])CC.NCCCN1CCC1. The molecular formula is C11H24N2Si. The lowest BCUT2D eigenvalue weighted by Gasteiger charge is -2.30. The molecule has 1 saturated heterocycles. The van der Waals surface area contributed by atoms with Crippen LogP contribution in [0.15, 0.2) is 12.7 Å². The van der Waals surface area contributed by atoms with Gasteiger partial charge in [0.15, 0.2) is 0 Å². The molecule has 14 heavy (non-hydrogen) atoms. The first kappa shape index (κ1) is 13.7. The average Bonchev–Trinajstić information content (AvgIpc) is 2.16. The summed E-state index contributed by atoms with van der Waals surface area (Å²) in [5.41, 5.74) is 5.33. The van der Waals surface area contributed by atoms with Crippen LogP contribution in [-0.2, 0) is 0 Å². The highest BCUT2D eigenvalue weighted by molar-refractivity contribution is 6.41. The molecule has 82 valence electrons. The number of hydrogen-bond donors (Lipinski definition) is 1. The summed E-state index contributed by atoms with van der Waals surface area (Å²) in [4.78, 5) is 2.44. The van der Waals surface area contributed by atoms with Crippen LogP contribution >= 0.6 is 0 Å². The highest BCUT2D eigenvalue weighted by Gasteiger charge is 2.11. The van der Waals surface area contributed by atoms with Crippen LogP contribution in [0.25, 0.3) is 0 Å². The zero-order valence-electron chi connectivity index (χ0n) is 9.47. The third-order valence-electron chi connectivity index (χ3n) is 2.37. The Labute approximate surface area is 91.2 Å². The zero-order chi connectivity index (χ0) is 10.8. The molecule has 1 rings (SSSR count). The molecule has 1 heterocycles. The molecule has 2 nitrogen and oxygen atoms in total. The molecule has 2 N–H and O–H groups in total. The molecule has 0 aliphatic carbocycles. The lowest BCUT2D eigenvalue weighted by atomic mass is 10.2.